The fourth-order valence-electron chi connectivity index (χ4n) is 1.31. The summed E-state index contributed by atoms with van der Waals surface area (Å²) in [5.74, 6) is -0.0655. The summed E-state index contributed by atoms with van der Waals surface area (Å²) in [6, 6.07) is 3.53. The van der Waals surface area contributed by atoms with Gasteiger partial charge in [0.25, 0.3) is 10.0 Å². The molecule has 0 saturated carbocycles. The van der Waals surface area contributed by atoms with Crippen molar-refractivity contribution in [2.75, 3.05) is 11.1 Å². The molecule has 1 aromatic rings. The van der Waals surface area contributed by atoms with Crippen molar-refractivity contribution >= 4 is 32.6 Å². The third-order valence-electron chi connectivity index (χ3n) is 2.00. The summed E-state index contributed by atoms with van der Waals surface area (Å²) < 4.78 is 40.1. The van der Waals surface area contributed by atoms with Crippen molar-refractivity contribution in [2.24, 2.45) is 4.40 Å². The minimum Gasteiger partial charge on any atom is -0.333 e. The number of thioether (sulfide) groups is 1. The van der Waals surface area contributed by atoms with Gasteiger partial charge in [0.15, 0.2) is 5.17 Å². The zero-order chi connectivity index (χ0) is 12.5. The molecule has 0 bridgehead atoms. The Bertz CT molecular complexity index is 596. The highest BCUT2D eigenvalue weighted by Crippen LogP contribution is 2.29. The lowest BCUT2D eigenvalue weighted by Gasteiger charge is -2.17. The van der Waals surface area contributed by atoms with Crippen LogP contribution in [0.1, 0.15) is 0 Å². The maximum atomic E-state index is 13.0. The first-order valence-corrected chi connectivity index (χ1v) is 7.11. The molecule has 7 heteroatoms. The molecule has 0 aliphatic carbocycles. The SMILES string of the molecule is C=CCSC1=NS(=O)(=O)c2cc(F)ccc2N1. The maximum Gasteiger partial charge on any atom is 0.286 e. The largest absolute Gasteiger partial charge is 0.333 e. The molecule has 17 heavy (non-hydrogen) atoms. The second-order valence-corrected chi connectivity index (χ2v) is 5.82. The average Bonchev–Trinajstić information content (AvgIpc) is 2.27. The van der Waals surface area contributed by atoms with Gasteiger partial charge in [-0.25, -0.2) is 4.39 Å². The number of nitrogens with one attached hydrogen (secondary N) is 1. The number of amidine groups is 1. The molecule has 1 heterocycles. The maximum absolute atomic E-state index is 13.0. The van der Waals surface area contributed by atoms with Crippen LogP contribution in [0.3, 0.4) is 0 Å². The average molecular weight is 272 g/mol. The summed E-state index contributed by atoms with van der Waals surface area (Å²) in [6.07, 6.45) is 1.64. The molecule has 0 atom stereocenters. The highest BCUT2D eigenvalue weighted by atomic mass is 32.2. The van der Waals surface area contributed by atoms with Crippen molar-refractivity contribution in [3.63, 3.8) is 0 Å². The molecular weight excluding hydrogens is 263 g/mol. The van der Waals surface area contributed by atoms with Crippen LogP contribution in [0, 0.1) is 5.82 Å². The van der Waals surface area contributed by atoms with E-state index in [0.29, 0.717) is 11.4 Å². The lowest BCUT2D eigenvalue weighted by molar-refractivity contribution is 0.592. The lowest BCUT2D eigenvalue weighted by atomic mass is 10.3. The number of anilines is 1. The Morgan fingerprint density at radius 2 is 2.29 bits per heavy atom. The Morgan fingerprint density at radius 1 is 1.53 bits per heavy atom. The van der Waals surface area contributed by atoms with Gasteiger partial charge in [-0.2, -0.15) is 8.42 Å². The second-order valence-electron chi connectivity index (χ2n) is 3.24. The number of rotatable bonds is 2. The molecule has 0 aromatic heterocycles. The van der Waals surface area contributed by atoms with Crippen LogP contribution < -0.4 is 5.32 Å². The highest BCUT2D eigenvalue weighted by molar-refractivity contribution is 8.15. The van der Waals surface area contributed by atoms with E-state index in [4.69, 9.17) is 0 Å². The van der Waals surface area contributed by atoms with Gasteiger partial charge in [0.2, 0.25) is 0 Å². The van der Waals surface area contributed by atoms with Crippen molar-refractivity contribution in [2.45, 2.75) is 4.90 Å². The van der Waals surface area contributed by atoms with E-state index in [1.165, 1.54) is 23.9 Å². The molecule has 0 unspecified atom stereocenters. The van der Waals surface area contributed by atoms with Gasteiger partial charge in [0.05, 0.1) is 5.69 Å². The second kappa shape index (κ2) is 4.50. The molecule has 90 valence electrons. The molecule has 0 fully saturated rings. The normalized spacial score (nSPS) is 16.6. The number of halogens is 1. The summed E-state index contributed by atoms with van der Waals surface area (Å²) in [7, 11) is -3.81. The van der Waals surface area contributed by atoms with E-state index in [0.717, 1.165) is 6.07 Å². The van der Waals surface area contributed by atoms with Gasteiger partial charge in [-0.15, -0.1) is 11.0 Å². The molecule has 0 saturated heterocycles. The van der Waals surface area contributed by atoms with Gasteiger partial charge in [0, 0.05) is 5.75 Å². The Balaban J connectivity index is 2.43. The van der Waals surface area contributed by atoms with Crippen LogP contribution in [-0.4, -0.2) is 19.3 Å². The fourth-order valence-corrected chi connectivity index (χ4v) is 3.29. The third-order valence-corrected chi connectivity index (χ3v) is 4.31. The van der Waals surface area contributed by atoms with Gasteiger partial charge in [-0.1, -0.05) is 17.8 Å². The third kappa shape index (κ3) is 2.50. The number of hydrogen-bond acceptors (Lipinski definition) is 4. The predicted octanol–water partition coefficient (Wildman–Crippen LogP) is 2.22. The molecule has 1 aliphatic heterocycles. The van der Waals surface area contributed by atoms with Crippen molar-refractivity contribution in [1.82, 2.24) is 0 Å². The first kappa shape index (κ1) is 12.1. The first-order valence-electron chi connectivity index (χ1n) is 4.68. The fraction of sp³-hybridized carbons (Fsp3) is 0.100. The van der Waals surface area contributed by atoms with E-state index in [1.807, 2.05) is 0 Å². The molecular formula is C10H9FN2O2S2. The Morgan fingerprint density at radius 3 is 3.00 bits per heavy atom. The van der Waals surface area contributed by atoms with Gasteiger partial charge in [-0.05, 0) is 18.2 Å². The lowest BCUT2D eigenvalue weighted by Crippen LogP contribution is -2.19. The number of benzene rings is 1. The number of hydrogen-bond donors (Lipinski definition) is 1. The van der Waals surface area contributed by atoms with E-state index in [2.05, 4.69) is 16.3 Å². The number of fused-ring (bicyclic) bond motifs is 1. The highest BCUT2D eigenvalue weighted by Gasteiger charge is 2.25. The van der Waals surface area contributed by atoms with E-state index >= 15 is 0 Å². The zero-order valence-corrected chi connectivity index (χ0v) is 10.3. The summed E-state index contributed by atoms with van der Waals surface area (Å²) in [4.78, 5) is -0.138. The van der Waals surface area contributed by atoms with Crippen molar-refractivity contribution in [1.29, 1.82) is 0 Å². The molecule has 4 nitrogen and oxygen atoms in total. The number of sulfonamides is 1. The molecule has 0 radical (unpaired) electrons. The van der Waals surface area contributed by atoms with Crippen LogP contribution in [0.25, 0.3) is 0 Å². The zero-order valence-electron chi connectivity index (χ0n) is 8.68. The van der Waals surface area contributed by atoms with E-state index in [1.54, 1.807) is 6.08 Å². The molecule has 0 amide bonds. The van der Waals surface area contributed by atoms with Crippen LogP contribution in [0.15, 0.2) is 40.1 Å². The van der Waals surface area contributed by atoms with Gasteiger partial charge >= 0.3 is 0 Å². The van der Waals surface area contributed by atoms with Gasteiger partial charge in [-0.3, -0.25) is 0 Å². The van der Waals surface area contributed by atoms with Crippen LogP contribution in [0.5, 0.6) is 0 Å². The molecule has 0 spiro atoms. The first-order chi connectivity index (χ1) is 8.03. The minimum atomic E-state index is -3.81. The molecule has 1 aromatic carbocycles. The monoisotopic (exact) mass is 272 g/mol. The summed E-state index contributed by atoms with van der Waals surface area (Å²) >= 11 is 1.22. The summed E-state index contributed by atoms with van der Waals surface area (Å²) in [5, 5.41) is 3.10. The van der Waals surface area contributed by atoms with Crippen molar-refractivity contribution < 1.29 is 12.8 Å². The molecule has 1 N–H and O–H groups in total. The van der Waals surface area contributed by atoms with Crippen LogP contribution >= 0.6 is 11.8 Å². The smallest absolute Gasteiger partial charge is 0.286 e. The molecule has 1 aliphatic rings. The van der Waals surface area contributed by atoms with E-state index in [-0.39, 0.29) is 10.1 Å². The van der Waals surface area contributed by atoms with Crippen molar-refractivity contribution in [3.05, 3.63) is 36.7 Å². The van der Waals surface area contributed by atoms with E-state index in [9.17, 15) is 12.8 Å². The van der Waals surface area contributed by atoms with Crippen LogP contribution in [0.2, 0.25) is 0 Å². The summed E-state index contributed by atoms with van der Waals surface area (Å²) in [6.45, 7) is 3.53. The van der Waals surface area contributed by atoms with Crippen molar-refractivity contribution in [3.8, 4) is 0 Å². The Kier molecular flexibility index (Phi) is 3.21. The predicted molar refractivity (Wildman–Crippen MR) is 67.3 cm³/mol. The minimum absolute atomic E-state index is 0.138. The number of nitrogens with zero attached hydrogens (tertiary/aromatic N) is 1. The van der Waals surface area contributed by atoms with Crippen LogP contribution in [0.4, 0.5) is 10.1 Å². The topological polar surface area (TPSA) is 58.5 Å². The Hall–Kier alpha value is -1.34. The van der Waals surface area contributed by atoms with Gasteiger partial charge < -0.3 is 5.32 Å². The molecule has 2 rings (SSSR count). The van der Waals surface area contributed by atoms with Gasteiger partial charge in [0.1, 0.15) is 10.7 Å². The van der Waals surface area contributed by atoms with Crippen LogP contribution in [-0.2, 0) is 10.0 Å². The Labute approximate surface area is 103 Å². The quantitative estimate of drug-likeness (QED) is 0.839. The van der Waals surface area contributed by atoms with E-state index < -0.39 is 15.8 Å². The summed E-state index contributed by atoms with van der Waals surface area (Å²) in [5.41, 5.74) is 0.341. The standard InChI is InChI=1S/C10H9FN2O2S2/c1-2-5-16-10-12-8-4-3-7(11)6-9(8)17(14,15)13-10/h2-4,6H,1,5H2,(H,12,13).